The Balaban J connectivity index is 1.57. The van der Waals surface area contributed by atoms with Crippen molar-refractivity contribution in [3.05, 3.63) is 101 Å². The van der Waals surface area contributed by atoms with Gasteiger partial charge in [0.2, 0.25) is 0 Å². The van der Waals surface area contributed by atoms with E-state index in [4.69, 9.17) is 4.74 Å². The number of carbonyl (C=O) groups excluding carboxylic acids is 2. The average molecular weight is 417 g/mol. The summed E-state index contributed by atoms with van der Waals surface area (Å²) in [5.41, 5.74) is 8.08. The Hall–Kier alpha value is -3.60. The molecular formula is C26H28N2O3. The van der Waals surface area contributed by atoms with Gasteiger partial charge in [0.25, 0.3) is 11.8 Å². The van der Waals surface area contributed by atoms with Crippen LogP contribution in [0.5, 0.6) is 5.75 Å². The van der Waals surface area contributed by atoms with Crippen LogP contribution < -0.4 is 15.6 Å². The molecule has 0 spiro atoms. The van der Waals surface area contributed by atoms with Crippen LogP contribution >= 0.6 is 0 Å². The van der Waals surface area contributed by atoms with Crippen LogP contribution in [-0.4, -0.2) is 18.4 Å². The van der Waals surface area contributed by atoms with Crippen molar-refractivity contribution in [2.75, 3.05) is 6.61 Å². The van der Waals surface area contributed by atoms with Gasteiger partial charge in [0.1, 0.15) is 5.75 Å². The van der Waals surface area contributed by atoms with Gasteiger partial charge in [-0.25, -0.2) is 0 Å². The molecule has 0 atom stereocenters. The summed E-state index contributed by atoms with van der Waals surface area (Å²) in [7, 11) is 0. The highest BCUT2D eigenvalue weighted by Crippen LogP contribution is 2.22. The maximum absolute atomic E-state index is 12.6. The van der Waals surface area contributed by atoms with E-state index < -0.39 is 5.91 Å². The first-order valence-electron chi connectivity index (χ1n) is 10.3. The number of para-hydroxylation sites is 1. The van der Waals surface area contributed by atoms with Crippen molar-refractivity contribution in [1.82, 2.24) is 10.9 Å². The number of carbonyl (C=O) groups is 2. The Morgan fingerprint density at radius 3 is 2.06 bits per heavy atom. The van der Waals surface area contributed by atoms with Crippen LogP contribution in [0.15, 0.2) is 78.9 Å². The summed E-state index contributed by atoms with van der Waals surface area (Å²) in [6.45, 7) is 6.78. The van der Waals surface area contributed by atoms with Crippen LogP contribution in [0.25, 0.3) is 0 Å². The van der Waals surface area contributed by atoms with Crippen LogP contribution in [-0.2, 0) is 11.8 Å². The zero-order valence-corrected chi connectivity index (χ0v) is 18.1. The van der Waals surface area contributed by atoms with Crippen LogP contribution in [0.1, 0.15) is 52.6 Å². The van der Waals surface area contributed by atoms with Gasteiger partial charge < -0.3 is 4.74 Å². The maximum atomic E-state index is 12.6. The summed E-state index contributed by atoms with van der Waals surface area (Å²) in [6.07, 6.45) is 0.734. The number of ether oxygens (including phenoxy) is 1. The number of hydrogen-bond acceptors (Lipinski definition) is 3. The normalized spacial score (nSPS) is 10.9. The minimum Gasteiger partial charge on any atom is -0.492 e. The Labute approximate surface area is 183 Å². The second kappa shape index (κ2) is 9.94. The van der Waals surface area contributed by atoms with E-state index in [0.29, 0.717) is 23.5 Å². The third-order valence-corrected chi connectivity index (χ3v) is 4.93. The molecule has 0 heterocycles. The van der Waals surface area contributed by atoms with Gasteiger partial charge in [-0.15, -0.1) is 0 Å². The van der Waals surface area contributed by atoms with Crippen molar-refractivity contribution in [2.45, 2.75) is 32.6 Å². The van der Waals surface area contributed by atoms with Crippen molar-refractivity contribution in [1.29, 1.82) is 0 Å². The Kier molecular flexibility index (Phi) is 7.08. The van der Waals surface area contributed by atoms with Gasteiger partial charge in [-0.3, -0.25) is 20.4 Å². The van der Waals surface area contributed by atoms with Crippen LogP contribution in [0, 0.1) is 0 Å². The molecule has 3 aromatic carbocycles. The molecule has 0 aliphatic heterocycles. The summed E-state index contributed by atoms with van der Waals surface area (Å²) in [6, 6.07) is 24.3. The van der Waals surface area contributed by atoms with Crippen LogP contribution in [0.2, 0.25) is 0 Å². The lowest BCUT2D eigenvalue weighted by atomic mass is 9.87. The van der Waals surface area contributed by atoms with Crippen molar-refractivity contribution in [3.8, 4) is 5.75 Å². The molecule has 0 fully saturated rings. The van der Waals surface area contributed by atoms with E-state index in [1.165, 1.54) is 0 Å². The van der Waals surface area contributed by atoms with Gasteiger partial charge in [-0.2, -0.15) is 0 Å². The monoisotopic (exact) mass is 416 g/mol. The third kappa shape index (κ3) is 6.19. The summed E-state index contributed by atoms with van der Waals surface area (Å²) in [5.74, 6) is -0.342. The van der Waals surface area contributed by atoms with E-state index in [1.54, 1.807) is 30.3 Å². The molecule has 160 valence electrons. The molecule has 31 heavy (non-hydrogen) atoms. The van der Waals surface area contributed by atoms with Gasteiger partial charge >= 0.3 is 0 Å². The molecule has 3 rings (SSSR count). The second-order valence-electron chi connectivity index (χ2n) is 8.32. The van der Waals surface area contributed by atoms with E-state index >= 15 is 0 Å². The highest BCUT2D eigenvalue weighted by atomic mass is 16.5. The zero-order chi connectivity index (χ0) is 22.3. The van der Waals surface area contributed by atoms with Crippen LogP contribution in [0.4, 0.5) is 0 Å². The molecule has 2 N–H and O–H groups in total. The highest BCUT2D eigenvalue weighted by molar-refractivity contribution is 6.00. The lowest BCUT2D eigenvalue weighted by Crippen LogP contribution is -2.41. The van der Waals surface area contributed by atoms with Crippen LogP contribution in [0.3, 0.4) is 0 Å². The van der Waals surface area contributed by atoms with Crippen molar-refractivity contribution in [3.63, 3.8) is 0 Å². The first kappa shape index (κ1) is 22.1. The lowest BCUT2D eigenvalue weighted by molar-refractivity contribution is 0.0844. The minimum atomic E-state index is -0.435. The molecule has 0 saturated carbocycles. The SMILES string of the molecule is CC(C)(C)c1ccc(C(=O)NNC(=O)c2ccccc2OCCc2ccccc2)cc1. The maximum Gasteiger partial charge on any atom is 0.273 e. The predicted molar refractivity (Wildman–Crippen MR) is 122 cm³/mol. The van der Waals surface area contributed by atoms with E-state index in [-0.39, 0.29) is 11.3 Å². The molecule has 0 aliphatic rings. The average Bonchev–Trinajstić information content (AvgIpc) is 2.78. The number of nitrogens with one attached hydrogen (secondary N) is 2. The topological polar surface area (TPSA) is 67.4 Å². The Bertz CT molecular complexity index is 1020. The van der Waals surface area contributed by atoms with E-state index in [0.717, 1.165) is 17.5 Å². The molecule has 0 saturated heterocycles. The number of amides is 2. The van der Waals surface area contributed by atoms with E-state index in [2.05, 4.69) is 31.6 Å². The smallest absolute Gasteiger partial charge is 0.273 e. The first-order valence-corrected chi connectivity index (χ1v) is 10.3. The number of rotatable bonds is 6. The number of hydrazine groups is 1. The van der Waals surface area contributed by atoms with Gasteiger partial charge in [0.15, 0.2) is 0 Å². The van der Waals surface area contributed by atoms with Crippen molar-refractivity contribution in [2.24, 2.45) is 0 Å². The van der Waals surface area contributed by atoms with E-state index in [9.17, 15) is 9.59 Å². The number of benzene rings is 3. The Morgan fingerprint density at radius 2 is 1.39 bits per heavy atom. The molecule has 2 amide bonds. The van der Waals surface area contributed by atoms with Gasteiger partial charge in [0, 0.05) is 12.0 Å². The van der Waals surface area contributed by atoms with Crippen molar-refractivity contribution >= 4 is 11.8 Å². The largest absolute Gasteiger partial charge is 0.492 e. The minimum absolute atomic E-state index is 0.00738. The third-order valence-electron chi connectivity index (χ3n) is 4.93. The summed E-state index contributed by atoms with van der Waals surface area (Å²) < 4.78 is 5.83. The molecule has 5 nitrogen and oxygen atoms in total. The standard InChI is InChI=1S/C26H28N2O3/c1-26(2,3)21-15-13-20(14-16-21)24(29)27-28-25(30)22-11-7-8-12-23(22)31-18-17-19-9-5-4-6-10-19/h4-16H,17-18H2,1-3H3,(H,27,29)(H,28,30). The summed E-state index contributed by atoms with van der Waals surface area (Å²) in [5, 5.41) is 0. The molecule has 0 unspecified atom stereocenters. The molecule has 3 aromatic rings. The molecule has 5 heteroatoms. The fourth-order valence-corrected chi connectivity index (χ4v) is 3.08. The summed E-state index contributed by atoms with van der Waals surface area (Å²) >= 11 is 0. The van der Waals surface area contributed by atoms with Gasteiger partial charge in [-0.05, 0) is 40.8 Å². The molecular weight excluding hydrogens is 388 g/mol. The molecule has 0 bridgehead atoms. The fourth-order valence-electron chi connectivity index (χ4n) is 3.08. The molecule has 0 radical (unpaired) electrons. The lowest BCUT2D eigenvalue weighted by Gasteiger charge is -2.19. The summed E-state index contributed by atoms with van der Waals surface area (Å²) in [4.78, 5) is 25.0. The quantitative estimate of drug-likeness (QED) is 0.574. The van der Waals surface area contributed by atoms with Gasteiger partial charge in [0.05, 0.1) is 12.2 Å². The van der Waals surface area contributed by atoms with Gasteiger partial charge in [-0.1, -0.05) is 75.4 Å². The first-order chi connectivity index (χ1) is 14.8. The molecule has 0 aromatic heterocycles. The highest BCUT2D eigenvalue weighted by Gasteiger charge is 2.16. The Morgan fingerprint density at radius 1 is 0.774 bits per heavy atom. The fraction of sp³-hybridized carbons (Fsp3) is 0.231. The van der Waals surface area contributed by atoms with E-state index in [1.807, 2.05) is 48.5 Å². The second-order valence-corrected chi connectivity index (χ2v) is 8.32. The molecule has 0 aliphatic carbocycles. The number of hydrogen-bond donors (Lipinski definition) is 2. The predicted octanol–water partition coefficient (Wildman–Crippen LogP) is 4.68. The van der Waals surface area contributed by atoms with Crippen molar-refractivity contribution < 1.29 is 14.3 Å². The zero-order valence-electron chi connectivity index (χ0n) is 18.1.